The maximum atomic E-state index is 12.1. The number of hydrogen-bond donors (Lipinski definition) is 1. The molecule has 0 aromatic heterocycles. The van der Waals surface area contributed by atoms with Crippen molar-refractivity contribution in [1.82, 2.24) is 5.32 Å². The molecule has 3 heteroatoms. The van der Waals surface area contributed by atoms with Crippen molar-refractivity contribution in [3.05, 3.63) is 0 Å². The smallest absolute Gasteiger partial charge is 0.223 e. The third-order valence-electron chi connectivity index (χ3n) is 3.91. The van der Waals surface area contributed by atoms with Crippen LogP contribution >= 0.6 is 0 Å². The van der Waals surface area contributed by atoms with Crippen molar-refractivity contribution in [3.8, 4) is 0 Å². The Labute approximate surface area is 102 Å². The van der Waals surface area contributed by atoms with Crippen molar-refractivity contribution in [2.45, 2.75) is 66.2 Å². The van der Waals surface area contributed by atoms with Crippen LogP contribution in [-0.2, 0) is 4.79 Å². The van der Waals surface area contributed by atoms with E-state index in [1.807, 2.05) is 27.7 Å². The average molecular weight is 225 g/mol. The lowest BCUT2D eigenvalue weighted by Gasteiger charge is -2.43. The van der Waals surface area contributed by atoms with Crippen LogP contribution in [0.15, 0.2) is 0 Å². The maximum Gasteiger partial charge on any atom is 0.223 e. The second kappa shape index (κ2) is 4.42. The largest absolute Gasteiger partial charge is 0.351 e. The van der Waals surface area contributed by atoms with Crippen LogP contribution in [0.4, 0.5) is 0 Å². The van der Waals surface area contributed by atoms with E-state index in [-0.39, 0.29) is 28.1 Å². The van der Waals surface area contributed by atoms with Gasteiger partial charge >= 0.3 is 0 Å². The Morgan fingerprint density at radius 3 is 1.69 bits per heavy atom. The third kappa shape index (κ3) is 3.84. The average Bonchev–Trinajstić information content (AvgIpc) is 1.97. The summed E-state index contributed by atoms with van der Waals surface area (Å²) in [6.45, 7) is 16.8. The van der Waals surface area contributed by atoms with E-state index in [2.05, 4.69) is 40.9 Å². The van der Waals surface area contributed by atoms with Crippen molar-refractivity contribution in [3.63, 3.8) is 0 Å². The Morgan fingerprint density at radius 2 is 1.44 bits per heavy atom. The summed E-state index contributed by atoms with van der Waals surface area (Å²) in [6, 6.07) is 0. The number of nitrogens with one attached hydrogen (secondary N) is 1. The summed E-state index contributed by atoms with van der Waals surface area (Å²) in [4.78, 5) is 12.1. The van der Waals surface area contributed by atoms with Gasteiger partial charge in [0.05, 0.1) is 0 Å². The van der Waals surface area contributed by atoms with Gasteiger partial charge in [0.25, 0.3) is 0 Å². The third-order valence-corrected chi connectivity index (χ3v) is 3.91. The van der Waals surface area contributed by atoms with Crippen LogP contribution in [0, 0.1) is 11.3 Å². The zero-order valence-electron chi connectivity index (χ0n) is 12.5. The normalized spacial score (nSPS) is 15.8. The molecule has 0 radical (unpaired) electrons. The number of carbonyl (C=O) groups is 1. The van der Waals surface area contributed by atoms with Gasteiger partial charge in [-0.3, -0.25) is 4.79 Å². The van der Waals surface area contributed by atoms with E-state index < -0.39 is 0 Å². The van der Waals surface area contributed by atoms with Gasteiger partial charge in [0.1, 0.15) is 7.85 Å². The zero-order chi connectivity index (χ0) is 13.4. The fourth-order valence-corrected chi connectivity index (χ4v) is 1.46. The van der Waals surface area contributed by atoms with Crippen LogP contribution in [-0.4, -0.2) is 19.3 Å². The zero-order valence-corrected chi connectivity index (χ0v) is 12.5. The van der Waals surface area contributed by atoms with E-state index >= 15 is 0 Å². The Kier molecular flexibility index (Phi) is 4.29. The summed E-state index contributed by atoms with van der Waals surface area (Å²) in [6.07, 6.45) is 0. The molecule has 1 unspecified atom stereocenters. The predicted molar refractivity (Wildman–Crippen MR) is 73.4 cm³/mol. The van der Waals surface area contributed by atoms with Crippen molar-refractivity contribution in [1.29, 1.82) is 0 Å². The molecule has 0 aliphatic carbocycles. The molecule has 2 nitrogen and oxygen atoms in total. The minimum Gasteiger partial charge on any atom is -0.351 e. The molecule has 0 heterocycles. The number of rotatable bonds is 3. The summed E-state index contributed by atoms with van der Waals surface area (Å²) in [5.41, 5.74) is -0.179. The monoisotopic (exact) mass is 225 g/mol. The molecule has 0 fully saturated rings. The molecule has 0 aromatic carbocycles. The highest BCUT2D eigenvalue weighted by Crippen LogP contribution is 2.47. The molecular weight excluding hydrogens is 197 g/mol. The second-order valence-electron chi connectivity index (χ2n) is 7.43. The summed E-state index contributed by atoms with van der Waals surface area (Å²) < 4.78 is 0. The SMILES string of the molecule is BC(C)(C)C(C)(C)C(C)C(=O)NC(C)(C)C. The molecule has 0 aliphatic heterocycles. The summed E-state index contributed by atoms with van der Waals surface area (Å²) in [5.74, 6) is 0.152. The first kappa shape index (κ1) is 15.5. The van der Waals surface area contributed by atoms with Gasteiger partial charge in [0, 0.05) is 11.5 Å². The second-order valence-corrected chi connectivity index (χ2v) is 7.43. The topological polar surface area (TPSA) is 29.1 Å². The van der Waals surface area contributed by atoms with E-state index in [9.17, 15) is 4.79 Å². The van der Waals surface area contributed by atoms with Gasteiger partial charge in [-0.1, -0.05) is 39.9 Å². The molecular formula is C13H28BNO. The minimum atomic E-state index is -0.153. The first-order valence-corrected chi connectivity index (χ1v) is 6.11. The van der Waals surface area contributed by atoms with Crippen LogP contribution in [0.1, 0.15) is 55.4 Å². The predicted octanol–water partition coefficient (Wildman–Crippen LogP) is 2.40. The van der Waals surface area contributed by atoms with Crippen LogP contribution in [0.3, 0.4) is 0 Å². The molecule has 0 saturated heterocycles. The lowest BCUT2D eigenvalue weighted by atomic mass is 9.52. The van der Waals surface area contributed by atoms with Gasteiger partial charge in [0.2, 0.25) is 5.91 Å². The Morgan fingerprint density at radius 1 is 1.06 bits per heavy atom. The highest BCUT2D eigenvalue weighted by atomic mass is 16.2. The fourth-order valence-electron chi connectivity index (χ4n) is 1.46. The lowest BCUT2D eigenvalue weighted by Crippen LogP contribution is -2.48. The van der Waals surface area contributed by atoms with Crippen LogP contribution < -0.4 is 5.32 Å². The molecule has 0 bridgehead atoms. The quantitative estimate of drug-likeness (QED) is 0.734. The van der Waals surface area contributed by atoms with E-state index in [4.69, 9.17) is 0 Å². The molecule has 0 rings (SSSR count). The van der Waals surface area contributed by atoms with E-state index in [1.165, 1.54) is 0 Å². The summed E-state index contributed by atoms with van der Waals surface area (Å²) >= 11 is 0. The number of amides is 1. The molecule has 16 heavy (non-hydrogen) atoms. The molecule has 0 aromatic rings. The number of hydrogen-bond acceptors (Lipinski definition) is 1. The van der Waals surface area contributed by atoms with Crippen LogP contribution in [0.25, 0.3) is 0 Å². The molecule has 1 amide bonds. The van der Waals surface area contributed by atoms with Crippen molar-refractivity contribution in [2.75, 3.05) is 0 Å². The molecule has 1 atom stereocenters. The van der Waals surface area contributed by atoms with Gasteiger partial charge in [-0.15, -0.1) is 0 Å². The summed E-state index contributed by atoms with van der Waals surface area (Å²) in [7, 11) is 2.19. The number of carbonyl (C=O) groups excluding carboxylic acids is 1. The van der Waals surface area contributed by atoms with Gasteiger partial charge in [-0.05, 0) is 26.2 Å². The first-order valence-electron chi connectivity index (χ1n) is 6.11. The highest BCUT2D eigenvalue weighted by Gasteiger charge is 2.41. The molecule has 94 valence electrons. The Bertz CT molecular complexity index is 258. The van der Waals surface area contributed by atoms with Crippen LogP contribution in [0.5, 0.6) is 0 Å². The van der Waals surface area contributed by atoms with Crippen LogP contribution in [0.2, 0.25) is 5.31 Å². The van der Waals surface area contributed by atoms with E-state index in [0.717, 1.165) is 0 Å². The van der Waals surface area contributed by atoms with Gasteiger partial charge in [-0.25, -0.2) is 0 Å². The Hall–Kier alpha value is -0.465. The first-order chi connectivity index (χ1) is 6.79. The standard InChI is InChI=1S/C13H28BNO/c1-9(10(16)15-11(2,3)4)12(5,6)13(7,8)14/h9H,14H2,1-8H3,(H,15,16). The molecule has 0 spiro atoms. The fraction of sp³-hybridized carbons (Fsp3) is 0.923. The minimum absolute atomic E-state index is 0.00623. The van der Waals surface area contributed by atoms with E-state index in [0.29, 0.717) is 0 Å². The Balaban J connectivity index is 4.81. The maximum absolute atomic E-state index is 12.1. The molecule has 0 saturated carbocycles. The van der Waals surface area contributed by atoms with Crippen molar-refractivity contribution < 1.29 is 4.79 Å². The lowest BCUT2D eigenvalue weighted by molar-refractivity contribution is -0.130. The van der Waals surface area contributed by atoms with Crippen molar-refractivity contribution >= 4 is 13.8 Å². The van der Waals surface area contributed by atoms with Gasteiger partial charge in [0.15, 0.2) is 0 Å². The molecule has 1 N–H and O–H groups in total. The molecule has 0 aliphatic rings. The van der Waals surface area contributed by atoms with E-state index in [1.54, 1.807) is 0 Å². The summed E-state index contributed by atoms with van der Waals surface area (Å²) in [5, 5.41) is 3.17. The van der Waals surface area contributed by atoms with Gasteiger partial charge in [-0.2, -0.15) is 0 Å². The van der Waals surface area contributed by atoms with Crippen molar-refractivity contribution in [2.24, 2.45) is 11.3 Å². The highest BCUT2D eigenvalue weighted by molar-refractivity contribution is 6.15. The van der Waals surface area contributed by atoms with Gasteiger partial charge < -0.3 is 5.32 Å².